The van der Waals surface area contributed by atoms with Crippen LogP contribution in [0.2, 0.25) is 0 Å². The maximum absolute atomic E-state index is 14.1. The van der Waals surface area contributed by atoms with Gasteiger partial charge in [0, 0.05) is 17.3 Å². The van der Waals surface area contributed by atoms with Gasteiger partial charge in [-0.1, -0.05) is 0 Å². The number of fused-ring (bicyclic) bond motifs is 1. The van der Waals surface area contributed by atoms with Crippen LogP contribution in [-0.4, -0.2) is 20.2 Å². The number of hydrogen-bond donors (Lipinski definition) is 2. The number of aryl methyl sites for hydroxylation is 1. The molecule has 0 aliphatic heterocycles. The topological polar surface area (TPSA) is 80.5 Å². The van der Waals surface area contributed by atoms with E-state index < -0.39 is 5.82 Å². The van der Waals surface area contributed by atoms with Crippen LogP contribution in [0.3, 0.4) is 0 Å². The van der Waals surface area contributed by atoms with Gasteiger partial charge in [-0.15, -0.1) is 5.10 Å². The molecule has 0 aliphatic rings. The molecule has 1 aromatic carbocycles. The van der Waals surface area contributed by atoms with Crippen molar-refractivity contribution in [3.05, 3.63) is 36.0 Å². The van der Waals surface area contributed by atoms with Crippen LogP contribution in [0.25, 0.3) is 10.9 Å². The van der Waals surface area contributed by atoms with Gasteiger partial charge >= 0.3 is 0 Å². The second-order valence-corrected chi connectivity index (χ2v) is 4.96. The third-order valence-corrected chi connectivity index (χ3v) is 3.56. The van der Waals surface area contributed by atoms with Crippen LogP contribution in [-0.2, 0) is 0 Å². The lowest BCUT2D eigenvalue weighted by Gasteiger charge is -2.07. The number of benzene rings is 1. The SMILES string of the molecule is Cc1nc(Sc2c(F)cc(N)c3cccnc23)n[nH]1. The van der Waals surface area contributed by atoms with Gasteiger partial charge in [-0.2, -0.15) is 0 Å². The molecule has 5 nitrogen and oxygen atoms in total. The molecule has 0 atom stereocenters. The van der Waals surface area contributed by atoms with Crippen LogP contribution >= 0.6 is 11.8 Å². The molecule has 0 spiro atoms. The van der Waals surface area contributed by atoms with E-state index in [0.29, 0.717) is 27.1 Å². The molecular formula is C12H10FN5S. The maximum Gasteiger partial charge on any atom is 0.213 e. The van der Waals surface area contributed by atoms with Crippen molar-refractivity contribution in [3.8, 4) is 0 Å². The molecule has 0 bridgehead atoms. The summed E-state index contributed by atoms with van der Waals surface area (Å²) in [6.45, 7) is 1.78. The van der Waals surface area contributed by atoms with E-state index in [2.05, 4.69) is 20.2 Å². The van der Waals surface area contributed by atoms with E-state index >= 15 is 0 Å². The molecule has 0 amide bonds. The molecule has 2 aromatic heterocycles. The first-order chi connectivity index (χ1) is 9.15. The quantitative estimate of drug-likeness (QED) is 0.702. The number of H-pyrrole nitrogens is 1. The summed E-state index contributed by atoms with van der Waals surface area (Å²) in [5.41, 5.74) is 6.69. The largest absolute Gasteiger partial charge is 0.398 e. The normalized spacial score (nSPS) is 11.1. The number of nitrogens with one attached hydrogen (secondary N) is 1. The Balaban J connectivity index is 2.17. The second kappa shape index (κ2) is 4.51. The van der Waals surface area contributed by atoms with Crippen LogP contribution in [0.4, 0.5) is 10.1 Å². The molecule has 96 valence electrons. The predicted octanol–water partition coefficient (Wildman–Crippen LogP) is 2.53. The van der Waals surface area contributed by atoms with E-state index in [4.69, 9.17) is 5.73 Å². The Morgan fingerprint density at radius 3 is 3.00 bits per heavy atom. The minimum atomic E-state index is -0.420. The van der Waals surface area contributed by atoms with Gasteiger partial charge in [-0.25, -0.2) is 9.37 Å². The number of nitrogen functional groups attached to an aromatic ring is 1. The molecule has 3 rings (SSSR count). The number of rotatable bonds is 2. The van der Waals surface area contributed by atoms with E-state index in [9.17, 15) is 4.39 Å². The zero-order valence-corrected chi connectivity index (χ0v) is 10.8. The molecule has 0 saturated carbocycles. The number of aromatic nitrogens is 4. The Morgan fingerprint density at radius 1 is 1.42 bits per heavy atom. The molecule has 3 N–H and O–H groups in total. The smallest absolute Gasteiger partial charge is 0.213 e. The number of halogens is 1. The summed E-state index contributed by atoms with van der Waals surface area (Å²) in [6.07, 6.45) is 1.61. The van der Waals surface area contributed by atoms with Crippen molar-refractivity contribution < 1.29 is 4.39 Å². The fourth-order valence-electron chi connectivity index (χ4n) is 1.77. The number of hydrogen-bond acceptors (Lipinski definition) is 5. The first-order valence-corrected chi connectivity index (χ1v) is 6.36. The van der Waals surface area contributed by atoms with Gasteiger partial charge in [-0.3, -0.25) is 10.1 Å². The lowest BCUT2D eigenvalue weighted by atomic mass is 10.2. The van der Waals surface area contributed by atoms with Crippen LogP contribution in [0.5, 0.6) is 0 Å². The van der Waals surface area contributed by atoms with Crippen LogP contribution < -0.4 is 5.73 Å². The van der Waals surface area contributed by atoms with Gasteiger partial charge in [0.05, 0.1) is 10.4 Å². The van der Waals surface area contributed by atoms with Crippen molar-refractivity contribution in [3.63, 3.8) is 0 Å². The highest BCUT2D eigenvalue weighted by molar-refractivity contribution is 7.99. The maximum atomic E-state index is 14.1. The van der Waals surface area contributed by atoms with Gasteiger partial charge in [0.25, 0.3) is 0 Å². The van der Waals surface area contributed by atoms with Gasteiger partial charge in [0.1, 0.15) is 11.6 Å². The van der Waals surface area contributed by atoms with E-state index in [1.54, 1.807) is 19.2 Å². The van der Waals surface area contributed by atoms with Crippen molar-refractivity contribution in [2.24, 2.45) is 0 Å². The number of nitrogens with zero attached hydrogens (tertiary/aromatic N) is 3. The molecule has 0 fully saturated rings. The van der Waals surface area contributed by atoms with Crippen molar-refractivity contribution in [2.45, 2.75) is 17.0 Å². The van der Waals surface area contributed by atoms with E-state index in [1.165, 1.54) is 6.07 Å². The summed E-state index contributed by atoms with van der Waals surface area (Å²) in [7, 11) is 0. The lowest BCUT2D eigenvalue weighted by molar-refractivity contribution is 0.605. The first kappa shape index (κ1) is 11.9. The average molecular weight is 275 g/mol. The Morgan fingerprint density at radius 2 is 2.26 bits per heavy atom. The van der Waals surface area contributed by atoms with Gasteiger partial charge < -0.3 is 5.73 Å². The summed E-state index contributed by atoms with van der Waals surface area (Å²) in [6, 6.07) is 4.87. The molecule has 19 heavy (non-hydrogen) atoms. The van der Waals surface area contributed by atoms with E-state index in [0.717, 1.165) is 17.1 Å². The number of anilines is 1. The van der Waals surface area contributed by atoms with Crippen molar-refractivity contribution in [1.82, 2.24) is 20.2 Å². The molecule has 0 aliphatic carbocycles. The monoisotopic (exact) mass is 275 g/mol. The summed E-state index contributed by atoms with van der Waals surface area (Å²) < 4.78 is 14.1. The van der Waals surface area contributed by atoms with Crippen LogP contribution in [0.15, 0.2) is 34.4 Å². The van der Waals surface area contributed by atoms with Crippen LogP contribution in [0, 0.1) is 12.7 Å². The summed E-state index contributed by atoms with van der Waals surface area (Å²) in [5.74, 6) is 0.256. The summed E-state index contributed by atoms with van der Waals surface area (Å²) in [4.78, 5) is 8.72. The number of pyridine rings is 1. The minimum absolute atomic E-state index is 0.371. The predicted molar refractivity (Wildman–Crippen MR) is 71.4 cm³/mol. The molecule has 7 heteroatoms. The fraction of sp³-hybridized carbons (Fsp3) is 0.0833. The highest BCUT2D eigenvalue weighted by atomic mass is 32.2. The fourth-order valence-corrected chi connectivity index (χ4v) is 2.64. The average Bonchev–Trinajstić information content (AvgIpc) is 2.80. The van der Waals surface area contributed by atoms with E-state index in [1.807, 2.05) is 6.07 Å². The Labute approximate surface area is 112 Å². The zero-order chi connectivity index (χ0) is 13.4. The molecule has 3 aromatic rings. The lowest BCUT2D eigenvalue weighted by Crippen LogP contribution is -1.94. The zero-order valence-electron chi connectivity index (χ0n) is 10.0. The number of nitrogens with two attached hydrogens (primary N) is 1. The standard InChI is InChI=1S/C12H10FN5S/c1-6-16-12(18-17-6)19-11-8(13)5-9(14)7-3-2-4-15-10(7)11/h2-5H,14H2,1H3,(H,16,17,18). The van der Waals surface area contributed by atoms with Crippen LogP contribution in [0.1, 0.15) is 5.82 Å². The van der Waals surface area contributed by atoms with E-state index in [-0.39, 0.29) is 0 Å². The molecule has 0 unspecified atom stereocenters. The molecular weight excluding hydrogens is 265 g/mol. The Bertz CT molecular complexity index is 755. The second-order valence-electron chi connectivity index (χ2n) is 3.98. The molecule has 0 radical (unpaired) electrons. The third-order valence-electron chi connectivity index (χ3n) is 2.60. The molecule has 2 heterocycles. The first-order valence-electron chi connectivity index (χ1n) is 5.54. The highest BCUT2D eigenvalue weighted by Crippen LogP contribution is 2.35. The Hall–Kier alpha value is -2.15. The summed E-state index contributed by atoms with van der Waals surface area (Å²) >= 11 is 1.13. The third kappa shape index (κ3) is 2.12. The highest BCUT2D eigenvalue weighted by Gasteiger charge is 2.15. The molecule has 0 saturated heterocycles. The van der Waals surface area contributed by atoms with Gasteiger partial charge in [0.2, 0.25) is 5.16 Å². The van der Waals surface area contributed by atoms with Crippen molar-refractivity contribution in [1.29, 1.82) is 0 Å². The van der Waals surface area contributed by atoms with Gasteiger partial charge in [-0.05, 0) is 36.9 Å². The summed E-state index contributed by atoms with van der Waals surface area (Å²) in [5, 5.41) is 7.87. The minimum Gasteiger partial charge on any atom is -0.398 e. The van der Waals surface area contributed by atoms with Crippen molar-refractivity contribution >= 4 is 28.4 Å². The van der Waals surface area contributed by atoms with Crippen molar-refractivity contribution in [2.75, 3.05) is 5.73 Å². The van der Waals surface area contributed by atoms with Gasteiger partial charge in [0.15, 0.2) is 0 Å². The number of aromatic amines is 1. The Kier molecular flexibility index (Phi) is 2.83.